The molecular weight excluding hydrogens is 156 g/mol. The summed E-state index contributed by atoms with van der Waals surface area (Å²) in [4.78, 5) is 10.6. The van der Waals surface area contributed by atoms with Crippen molar-refractivity contribution in [2.75, 3.05) is 0 Å². The Morgan fingerprint density at radius 3 is 2.17 bits per heavy atom. The van der Waals surface area contributed by atoms with E-state index in [1.807, 2.05) is 27.7 Å². The molecule has 0 saturated heterocycles. The molecule has 0 amide bonds. The molecule has 0 bridgehead atoms. The van der Waals surface area contributed by atoms with Crippen molar-refractivity contribution in [2.45, 2.75) is 52.9 Å². The van der Waals surface area contributed by atoms with Crippen molar-refractivity contribution < 1.29 is 14.3 Å². The van der Waals surface area contributed by atoms with Gasteiger partial charge in [0.05, 0.1) is 5.60 Å². The van der Waals surface area contributed by atoms with Gasteiger partial charge in [0.25, 0.3) is 0 Å². The van der Waals surface area contributed by atoms with E-state index in [0.717, 1.165) is 0 Å². The lowest BCUT2D eigenvalue weighted by atomic mass is 10.2. The van der Waals surface area contributed by atoms with Crippen molar-refractivity contribution in [2.24, 2.45) is 0 Å². The van der Waals surface area contributed by atoms with Crippen molar-refractivity contribution in [1.82, 2.24) is 0 Å². The van der Waals surface area contributed by atoms with Gasteiger partial charge in [-0.1, -0.05) is 6.92 Å². The van der Waals surface area contributed by atoms with Crippen molar-refractivity contribution in [3.63, 3.8) is 0 Å². The maximum Gasteiger partial charge on any atom is 0.304 e. The summed E-state index contributed by atoms with van der Waals surface area (Å²) in [6.45, 7) is 9.09. The Morgan fingerprint density at radius 1 is 1.42 bits per heavy atom. The van der Waals surface area contributed by atoms with Crippen molar-refractivity contribution >= 4 is 5.97 Å². The zero-order valence-electron chi connectivity index (χ0n) is 8.51. The lowest BCUT2D eigenvalue weighted by Gasteiger charge is -2.25. The van der Waals surface area contributed by atoms with E-state index in [9.17, 15) is 4.79 Å². The zero-order valence-corrected chi connectivity index (χ0v) is 8.51. The van der Waals surface area contributed by atoms with E-state index < -0.39 is 6.29 Å². The Labute approximate surface area is 74.0 Å². The van der Waals surface area contributed by atoms with E-state index in [4.69, 9.17) is 9.47 Å². The van der Waals surface area contributed by atoms with Gasteiger partial charge in [-0.05, 0) is 20.8 Å². The molecule has 3 heteroatoms. The fourth-order valence-electron chi connectivity index (χ4n) is 0.770. The van der Waals surface area contributed by atoms with Gasteiger partial charge in [0.1, 0.15) is 0 Å². The van der Waals surface area contributed by atoms with Crippen molar-refractivity contribution in [3.05, 3.63) is 0 Å². The predicted molar refractivity (Wildman–Crippen MR) is 46.7 cm³/mol. The molecule has 0 rings (SSSR count). The lowest BCUT2D eigenvalue weighted by molar-refractivity contribution is -0.201. The van der Waals surface area contributed by atoms with Crippen LogP contribution in [0.5, 0.6) is 0 Å². The molecule has 3 nitrogen and oxygen atoms in total. The average molecular weight is 174 g/mol. The van der Waals surface area contributed by atoms with Crippen LogP contribution in [0, 0.1) is 0 Å². The normalized spacial score (nSPS) is 14.1. The van der Waals surface area contributed by atoms with Gasteiger partial charge < -0.3 is 9.47 Å². The highest BCUT2D eigenvalue weighted by atomic mass is 16.7. The Bertz CT molecular complexity index is 146. The van der Waals surface area contributed by atoms with E-state index in [1.165, 1.54) is 6.92 Å². The SMILES string of the molecule is CC[C@@H](OC(C)=O)OC(C)(C)C. The van der Waals surface area contributed by atoms with Gasteiger partial charge in [-0.2, -0.15) is 0 Å². The third-order valence-corrected chi connectivity index (χ3v) is 1.12. The molecule has 72 valence electrons. The molecule has 0 aromatic rings. The van der Waals surface area contributed by atoms with Crippen LogP contribution in [0.15, 0.2) is 0 Å². The van der Waals surface area contributed by atoms with Crippen molar-refractivity contribution in [3.8, 4) is 0 Å². The predicted octanol–water partition coefficient (Wildman–Crippen LogP) is 2.10. The van der Waals surface area contributed by atoms with E-state index >= 15 is 0 Å². The molecule has 12 heavy (non-hydrogen) atoms. The third-order valence-electron chi connectivity index (χ3n) is 1.12. The molecule has 0 aliphatic rings. The lowest BCUT2D eigenvalue weighted by Crippen LogP contribution is -2.30. The molecule has 0 aliphatic carbocycles. The summed E-state index contributed by atoms with van der Waals surface area (Å²) < 4.78 is 10.4. The Hall–Kier alpha value is -0.570. The van der Waals surface area contributed by atoms with Crippen LogP contribution in [0.2, 0.25) is 0 Å². The second-order valence-corrected chi connectivity index (χ2v) is 3.68. The molecule has 0 aromatic carbocycles. The first-order chi connectivity index (χ1) is 5.35. The number of hydrogen-bond donors (Lipinski definition) is 0. The standard InChI is InChI=1S/C9H18O3/c1-6-8(11-7(2)10)12-9(3,4)5/h8H,6H2,1-5H3/t8-/m0/s1. The fourth-order valence-corrected chi connectivity index (χ4v) is 0.770. The molecule has 0 radical (unpaired) electrons. The molecule has 1 atom stereocenters. The summed E-state index contributed by atoms with van der Waals surface area (Å²) in [5.74, 6) is -0.300. The van der Waals surface area contributed by atoms with Crippen LogP contribution in [0.1, 0.15) is 41.0 Å². The van der Waals surface area contributed by atoms with Crippen molar-refractivity contribution in [1.29, 1.82) is 0 Å². The van der Waals surface area contributed by atoms with Gasteiger partial charge in [-0.3, -0.25) is 4.79 Å². The molecule has 0 spiro atoms. The minimum atomic E-state index is -0.414. The molecule has 0 heterocycles. The van der Waals surface area contributed by atoms with Crippen LogP contribution >= 0.6 is 0 Å². The largest absolute Gasteiger partial charge is 0.436 e. The van der Waals surface area contributed by atoms with E-state index in [1.54, 1.807) is 0 Å². The van der Waals surface area contributed by atoms with Crippen LogP contribution in [0.25, 0.3) is 0 Å². The van der Waals surface area contributed by atoms with Crippen LogP contribution < -0.4 is 0 Å². The van der Waals surface area contributed by atoms with E-state index in [2.05, 4.69) is 0 Å². The second kappa shape index (κ2) is 4.45. The van der Waals surface area contributed by atoms with Crippen LogP contribution in [-0.2, 0) is 14.3 Å². The van der Waals surface area contributed by atoms with Gasteiger partial charge in [-0.15, -0.1) is 0 Å². The smallest absolute Gasteiger partial charge is 0.304 e. The van der Waals surface area contributed by atoms with Gasteiger partial charge in [0.2, 0.25) is 6.29 Å². The zero-order chi connectivity index (χ0) is 9.78. The first-order valence-corrected chi connectivity index (χ1v) is 4.20. The summed E-state index contributed by atoms with van der Waals surface area (Å²) in [7, 11) is 0. The Kier molecular flexibility index (Phi) is 4.24. The highest BCUT2D eigenvalue weighted by molar-refractivity contribution is 5.66. The molecule has 0 aliphatic heterocycles. The molecular formula is C9H18O3. The summed E-state index contributed by atoms with van der Waals surface area (Å²) >= 11 is 0. The number of rotatable bonds is 3. The quantitative estimate of drug-likeness (QED) is 0.485. The molecule has 0 aromatic heterocycles. The monoisotopic (exact) mass is 174 g/mol. The second-order valence-electron chi connectivity index (χ2n) is 3.68. The molecule has 0 N–H and O–H groups in total. The van der Waals surface area contributed by atoms with Gasteiger partial charge >= 0.3 is 5.97 Å². The molecule has 0 unspecified atom stereocenters. The number of hydrogen-bond acceptors (Lipinski definition) is 3. The summed E-state index contributed by atoms with van der Waals surface area (Å²) in [6, 6.07) is 0. The van der Waals surface area contributed by atoms with Crippen LogP contribution in [-0.4, -0.2) is 17.9 Å². The first kappa shape index (κ1) is 11.4. The highest BCUT2D eigenvalue weighted by Crippen LogP contribution is 2.13. The summed E-state index contributed by atoms with van der Waals surface area (Å²) in [5, 5.41) is 0. The first-order valence-electron chi connectivity index (χ1n) is 4.20. The van der Waals surface area contributed by atoms with E-state index in [0.29, 0.717) is 6.42 Å². The maximum atomic E-state index is 10.6. The molecule has 0 saturated carbocycles. The fraction of sp³-hybridized carbons (Fsp3) is 0.889. The van der Waals surface area contributed by atoms with Gasteiger partial charge in [0.15, 0.2) is 0 Å². The molecule has 0 fully saturated rings. The number of esters is 1. The topological polar surface area (TPSA) is 35.5 Å². The summed E-state index contributed by atoms with van der Waals surface area (Å²) in [5.41, 5.74) is -0.268. The minimum absolute atomic E-state index is 0.268. The summed E-state index contributed by atoms with van der Waals surface area (Å²) in [6.07, 6.45) is 0.263. The van der Waals surface area contributed by atoms with Crippen LogP contribution in [0.4, 0.5) is 0 Å². The maximum absolute atomic E-state index is 10.6. The number of ether oxygens (including phenoxy) is 2. The number of carbonyl (C=O) groups is 1. The number of carbonyl (C=O) groups excluding carboxylic acids is 1. The average Bonchev–Trinajstić information content (AvgIpc) is 1.82. The highest BCUT2D eigenvalue weighted by Gasteiger charge is 2.18. The van der Waals surface area contributed by atoms with Crippen LogP contribution in [0.3, 0.4) is 0 Å². The minimum Gasteiger partial charge on any atom is -0.436 e. The Balaban J connectivity index is 3.92. The van der Waals surface area contributed by atoms with Gasteiger partial charge in [-0.25, -0.2) is 0 Å². The Morgan fingerprint density at radius 2 is 1.92 bits per heavy atom. The van der Waals surface area contributed by atoms with Gasteiger partial charge in [0, 0.05) is 13.3 Å². The third kappa shape index (κ3) is 6.16. The van der Waals surface area contributed by atoms with E-state index in [-0.39, 0.29) is 11.6 Å².